The van der Waals surface area contributed by atoms with E-state index in [-0.39, 0.29) is 11.6 Å². The number of aromatic nitrogens is 2. The topological polar surface area (TPSA) is 48.3 Å². The minimum absolute atomic E-state index is 0.102. The summed E-state index contributed by atoms with van der Waals surface area (Å²) in [5.74, 6) is 0.830. The van der Waals surface area contributed by atoms with E-state index in [1.165, 1.54) is 6.42 Å². The van der Waals surface area contributed by atoms with Gasteiger partial charge in [-0.1, -0.05) is 6.92 Å². The van der Waals surface area contributed by atoms with Gasteiger partial charge in [-0.3, -0.25) is 4.68 Å². The van der Waals surface area contributed by atoms with E-state index in [1.807, 2.05) is 11.7 Å². The third-order valence-corrected chi connectivity index (χ3v) is 4.15. The van der Waals surface area contributed by atoms with Crippen molar-refractivity contribution in [2.75, 3.05) is 20.3 Å². The Morgan fingerprint density at radius 1 is 1.55 bits per heavy atom. The molecule has 114 valence electrons. The molecule has 20 heavy (non-hydrogen) atoms. The number of methoxy groups -OCH3 is 1. The molecule has 1 fully saturated rings. The molecule has 2 atom stereocenters. The second-order valence-corrected chi connectivity index (χ2v) is 5.73. The quantitative estimate of drug-likeness (QED) is 0.870. The fourth-order valence-electron chi connectivity index (χ4n) is 2.99. The molecule has 1 aromatic rings. The summed E-state index contributed by atoms with van der Waals surface area (Å²) in [6, 6.07) is 0.102. The maximum atomic E-state index is 6.14. The molecule has 0 radical (unpaired) electrons. The average Bonchev–Trinajstić information content (AvgIpc) is 2.81. The van der Waals surface area contributed by atoms with Gasteiger partial charge in [-0.2, -0.15) is 5.10 Å². The van der Waals surface area contributed by atoms with Crippen LogP contribution in [0.4, 0.5) is 0 Å². The molecule has 2 unspecified atom stereocenters. The Hall–Kier alpha value is -1.07. The van der Waals surface area contributed by atoms with Gasteiger partial charge in [0.1, 0.15) is 0 Å². The van der Waals surface area contributed by atoms with Crippen LogP contribution in [-0.4, -0.2) is 35.6 Å². The monoisotopic (exact) mass is 281 g/mol. The first kappa shape index (κ1) is 15.3. The zero-order valence-electron chi connectivity index (χ0n) is 13.1. The van der Waals surface area contributed by atoms with Gasteiger partial charge in [0.2, 0.25) is 0 Å². The lowest BCUT2D eigenvalue weighted by Gasteiger charge is -2.41. The fourth-order valence-corrected chi connectivity index (χ4v) is 2.99. The summed E-state index contributed by atoms with van der Waals surface area (Å²) < 4.78 is 13.5. The van der Waals surface area contributed by atoms with Gasteiger partial charge in [-0.15, -0.1) is 0 Å². The van der Waals surface area contributed by atoms with Crippen molar-refractivity contribution < 1.29 is 9.47 Å². The second kappa shape index (κ2) is 6.59. The molecule has 5 nitrogen and oxygen atoms in total. The number of hydrogen-bond acceptors (Lipinski definition) is 4. The molecule has 2 heterocycles. The lowest BCUT2D eigenvalue weighted by Crippen LogP contribution is -2.47. The van der Waals surface area contributed by atoms with Gasteiger partial charge in [0.15, 0.2) is 5.75 Å². The van der Waals surface area contributed by atoms with E-state index in [1.54, 1.807) is 13.3 Å². The van der Waals surface area contributed by atoms with E-state index in [0.29, 0.717) is 0 Å². The highest BCUT2D eigenvalue weighted by Crippen LogP contribution is 2.39. The molecule has 0 saturated carbocycles. The summed E-state index contributed by atoms with van der Waals surface area (Å²) in [4.78, 5) is 0. The Balaban J connectivity index is 2.33. The summed E-state index contributed by atoms with van der Waals surface area (Å²) in [7, 11) is 3.66. The number of ether oxygens (including phenoxy) is 2. The zero-order valence-corrected chi connectivity index (χ0v) is 13.1. The van der Waals surface area contributed by atoms with Crippen molar-refractivity contribution in [2.24, 2.45) is 7.05 Å². The van der Waals surface area contributed by atoms with Crippen molar-refractivity contribution in [1.82, 2.24) is 15.1 Å². The molecule has 0 aliphatic carbocycles. The van der Waals surface area contributed by atoms with Crippen molar-refractivity contribution in [3.05, 3.63) is 11.9 Å². The van der Waals surface area contributed by atoms with Gasteiger partial charge in [0.05, 0.1) is 30.6 Å². The molecule has 2 rings (SSSR count). The molecule has 1 aliphatic rings. The Morgan fingerprint density at radius 3 is 2.95 bits per heavy atom. The SMILES string of the molecule is CCCNC(c1c(OC)cnn1C)C1(C)CCCCO1. The van der Waals surface area contributed by atoms with Crippen molar-refractivity contribution in [1.29, 1.82) is 0 Å². The van der Waals surface area contributed by atoms with Gasteiger partial charge >= 0.3 is 0 Å². The van der Waals surface area contributed by atoms with E-state index in [9.17, 15) is 0 Å². The van der Waals surface area contributed by atoms with Crippen LogP contribution in [0.5, 0.6) is 5.75 Å². The smallest absolute Gasteiger partial charge is 0.161 e. The predicted molar refractivity (Wildman–Crippen MR) is 79.0 cm³/mol. The largest absolute Gasteiger partial charge is 0.493 e. The normalized spacial score (nSPS) is 24.6. The highest BCUT2D eigenvalue weighted by Gasteiger charge is 2.40. The van der Waals surface area contributed by atoms with Crippen LogP contribution in [0.25, 0.3) is 0 Å². The second-order valence-electron chi connectivity index (χ2n) is 5.73. The van der Waals surface area contributed by atoms with Crippen molar-refractivity contribution in [2.45, 2.75) is 51.2 Å². The first-order valence-corrected chi connectivity index (χ1v) is 7.55. The van der Waals surface area contributed by atoms with Gasteiger partial charge in [-0.25, -0.2) is 0 Å². The summed E-state index contributed by atoms with van der Waals surface area (Å²) in [6.45, 7) is 6.17. The summed E-state index contributed by atoms with van der Waals surface area (Å²) in [5.41, 5.74) is 0.874. The molecule has 0 spiro atoms. The maximum Gasteiger partial charge on any atom is 0.161 e. The van der Waals surface area contributed by atoms with Gasteiger partial charge in [0, 0.05) is 13.7 Å². The lowest BCUT2D eigenvalue weighted by molar-refractivity contribution is -0.0915. The Morgan fingerprint density at radius 2 is 2.35 bits per heavy atom. The van der Waals surface area contributed by atoms with E-state index in [4.69, 9.17) is 9.47 Å². The van der Waals surface area contributed by atoms with Crippen LogP contribution >= 0.6 is 0 Å². The highest BCUT2D eigenvalue weighted by molar-refractivity contribution is 5.30. The minimum Gasteiger partial charge on any atom is -0.493 e. The molecule has 5 heteroatoms. The zero-order chi connectivity index (χ0) is 14.6. The van der Waals surface area contributed by atoms with Crippen LogP contribution < -0.4 is 10.1 Å². The van der Waals surface area contributed by atoms with Crippen LogP contribution in [0.3, 0.4) is 0 Å². The van der Waals surface area contributed by atoms with Gasteiger partial charge in [-0.05, 0) is 39.2 Å². The third kappa shape index (κ3) is 2.99. The number of nitrogens with zero attached hydrogens (tertiary/aromatic N) is 2. The Labute approximate surface area is 121 Å². The number of rotatable bonds is 6. The predicted octanol–water partition coefficient (Wildman–Crippen LogP) is 2.43. The molecular formula is C15H27N3O2. The molecule has 1 saturated heterocycles. The molecule has 0 amide bonds. The first-order valence-electron chi connectivity index (χ1n) is 7.55. The maximum absolute atomic E-state index is 6.14. The van der Waals surface area contributed by atoms with Crippen molar-refractivity contribution in [3.8, 4) is 5.75 Å². The minimum atomic E-state index is -0.200. The molecule has 1 aromatic heterocycles. The standard InChI is InChI=1S/C15H27N3O2/c1-5-9-16-14(15(2)8-6-7-10-20-15)13-12(19-4)11-17-18(13)3/h11,14,16H,5-10H2,1-4H3. The fraction of sp³-hybridized carbons (Fsp3) is 0.800. The van der Waals surface area contributed by atoms with Crippen LogP contribution in [0.15, 0.2) is 6.20 Å². The van der Waals surface area contributed by atoms with E-state index in [2.05, 4.69) is 24.3 Å². The van der Waals surface area contributed by atoms with Crippen molar-refractivity contribution in [3.63, 3.8) is 0 Å². The molecule has 0 aromatic carbocycles. The van der Waals surface area contributed by atoms with Crippen LogP contribution in [0.2, 0.25) is 0 Å². The number of aryl methyl sites for hydroxylation is 1. The average molecular weight is 281 g/mol. The molecule has 1 N–H and O–H groups in total. The van der Waals surface area contributed by atoms with Crippen LogP contribution in [-0.2, 0) is 11.8 Å². The molecule has 0 bridgehead atoms. The molecular weight excluding hydrogens is 254 g/mol. The van der Waals surface area contributed by atoms with Crippen LogP contribution in [0, 0.1) is 0 Å². The summed E-state index contributed by atoms with van der Waals surface area (Å²) >= 11 is 0. The number of hydrogen-bond donors (Lipinski definition) is 1. The van der Waals surface area contributed by atoms with E-state index in [0.717, 1.165) is 43.9 Å². The van der Waals surface area contributed by atoms with E-state index >= 15 is 0 Å². The van der Waals surface area contributed by atoms with E-state index < -0.39 is 0 Å². The Bertz CT molecular complexity index is 425. The molecule has 1 aliphatic heterocycles. The Kier molecular flexibility index (Phi) is 5.05. The van der Waals surface area contributed by atoms with Crippen molar-refractivity contribution >= 4 is 0 Å². The lowest BCUT2D eigenvalue weighted by atomic mass is 9.86. The number of nitrogens with one attached hydrogen (secondary N) is 1. The first-order chi connectivity index (χ1) is 9.62. The summed E-state index contributed by atoms with van der Waals surface area (Å²) in [6.07, 6.45) is 6.29. The van der Waals surface area contributed by atoms with Gasteiger partial charge < -0.3 is 14.8 Å². The third-order valence-electron chi connectivity index (χ3n) is 4.15. The van der Waals surface area contributed by atoms with Crippen LogP contribution in [0.1, 0.15) is 51.3 Å². The van der Waals surface area contributed by atoms with Gasteiger partial charge in [0.25, 0.3) is 0 Å². The summed E-state index contributed by atoms with van der Waals surface area (Å²) in [5, 5.41) is 7.97. The highest BCUT2D eigenvalue weighted by atomic mass is 16.5.